The fraction of sp³-hybridized carbons (Fsp3) is 0.688. The summed E-state index contributed by atoms with van der Waals surface area (Å²) in [5.41, 5.74) is 0.790. The molecule has 2 atom stereocenters. The van der Waals surface area contributed by atoms with Gasteiger partial charge in [0.15, 0.2) is 0 Å². The minimum atomic E-state index is -0.386. The Morgan fingerprint density at radius 2 is 2.05 bits per heavy atom. The van der Waals surface area contributed by atoms with E-state index in [0.717, 1.165) is 18.7 Å². The predicted molar refractivity (Wildman–Crippen MR) is 77.6 cm³/mol. The average molecular weight is 276 g/mol. The SMILES string of the molecule is CC1CCN(C(=O)c2cccn2C2CCCC2)CC1O. The Kier molecular flexibility index (Phi) is 3.83. The Balaban J connectivity index is 1.76. The van der Waals surface area contributed by atoms with E-state index in [-0.39, 0.29) is 12.0 Å². The van der Waals surface area contributed by atoms with Crippen molar-refractivity contribution in [2.75, 3.05) is 13.1 Å². The molecule has 1 N–H and O–H groups in total. The van der Waals surface area contributed by atoms with E-state index in [9.17, 15) is 9.90 Å². The first-order valence-electron chi connectivity index (χ1n) is 7.81. The minimum Gasteiger partial charge on any atom is -0.391 e. The molecule has 0 aromatic carbocycles. The van der Waals surface area contributed by atoms with Gasteiger partial charge in [-0.1, -0.05) is 19.8 Å². The minimum absolute atomic E-state index is 0.0767. The van der Waals surface area contributed by atoms with Crippen molar-refractivity contribution in [3.8, 4) is 0 Å². The predicted octanol–water partition coefficient (Wildman–Crippen LogP) is 2.45. The van der Waals surface area contributed by atoms with Gasteiger partial charge in [-0.05, 0) is 37.3 Å². The van der Waals surface area contributed by atoms with Crippen LogP contribution in [0.2, 0.25) is 0 Å². The second-order valence-electron chi connectivity index (χ2n) is 6.32. The third-order valence-electron chi connectivity index (χ3n) is 4.92. The van der Waals surface area contributed by atoms with Crippen LogP contribution in [0.4, 0.5) is 0 Å². The number of hydrogen-bond donors (Lipinski definition) is 1. The van der Waals surface area contributed by atoms with E-state index < -0.39 is 0 Å². The fourth-order valence-corrected chi connectivity index (χ4v) is 3.47. The number of rotatable bonds is 2. The molecule has 1 saturated carbocycles. The standard InChI is InChI=1S/C16H24N2O2/c1-12-8-10-17(11-15(12)19)16(20)14-7-4-9-18(14)13-5-2-3-6-13/h4,7,9,12-13,15,19H,2-3,5-6,8,10-11H2,1H3. The van der Waals surface area contributed by atoms with E-state index in [1.165, 1.54) is 25.7 Å². The van der Waals surface area contributed by atoms with E-state index in [2.05, 4.69) is 4.57 Å². The zero-order valence-corrected chi connectivity index (χ0v) is 12.2. The lowest BCUT2D eigenvalue weighted by Gasteiger charge is -2.34. The Labute approximate surface area is 120 Å². The summed E-state index contributed by atoms with van der Waals surface area (Å²) >= 11 is 0. The largest absolute Gasteiger partial charge is 0.391 e. The van der Waals surface area contributed by atoms with Gasteiger partial charge in [0.05, 0.1) is 6.10 Å². The molecule has 2 heterocycles. The molecule has 1 aliphatic carbocycles. The van der Waals surface area contributed by atoms with Crippen LogP contribution in [0.5, 0.6) is 0 Å². The molecule has 20 heavy (non-hydrogen) atoms. The number of β-amino-alcohol motifs (C(OH)–C–C–N with tert-alkyl or cyclic N) is 1. The maximum atomic E-state index is 12.7. The highest BCUT2D eigenvalue weighted by molar-refractivity contribution is 5.93. The van der Waals surface area contributed by atoms with Crippen molar-refractivity contribution in [2.45, 2.75) is 51.2 Å². The second kappa shape index (κ2) is 5.60. The van der Waals surface area contributed by atoms with E-state index in [0.29, 0.717) is 18.5 Å². The van der Waals surface area contributed by atoms with Crippen molar-refractivity contribution in [3.63, 3.8) is 0 Å². The number of nitrogens with zero attached hydrogens (tertiary/aromatic N) is 2. The monoisotopic (exact) mass is 276 g/mol. The van der Waals surface area contributed by atoms with Gasteiger partial charge in [-0.3, -0.25) is 4.79 Å². The molecule has 1 aliphatic heterocycles. The van der Waals surface area contributed by atoms with Gasteiger partial charge in [0.25, 0.3) is 5.91 Å². The summed E-state index contributed by atoms with van der Waals surface area (Å²) in [4.78, 5) is 14.5. The first kappa shape index (κ1) is 13.7. The maximum Gasteiger partial charge on any atom is 0.270 e. The first-order chi connectivity index (χ1) is 9.66. The molecule has 1 saturated heterocycles. The van der Waals surface area contributed by atoms with Gasteiger partial charge in [0.1, 0.15) is 5.69 Å². The Morgan fingerprint density at radius 3 is 2.75 bits per heavy atom. The third-order valence-corrected chi connectivity index (χ3v) is 4.92. The molecule has 1 amide bonds. The number of aliphatic hydroxyl groups is 1. The van der Waals surface area contributed by atoms with Gasteiger partial charge in [0.2, 0.25) is 0 Å². The van der Waals surface area contributed by atoms with Crippen LogP contribution in [0.3, 0.4) is 0 Å². The van der Waals surface area contributed by atoms with Crippen LogP contribution in [-0.4, -0.2) is 39.7 Å². The number of aromatic nitrogens is 1. The zero-order chi connectivity index (χ0) is 14.1. The van der Waals surface area contributed by atoms with Crippen LogP contribution in [-0.2, 0) is 0 Å². The van der Waals surface area contributed by atoms with Crippen molar-refractivity contribution >= 4 is 5.91 Å². The number of carbonyl (C=O) groups is 1. The highest BCUT2D eigenvalue weighted by Crippen LogP contribution is 2.31. The molecule has 0 bridgehead atoms. The number of piperidine rings is 1. The fourth-order valence-electron chi connectivity index (χ4n) is 3.47. The van der Waals surface area contributed by atoms with E-state index in [1.54, 1.807) is 0 Å². The van der Waals surface area contributed by atoms with Crippen molar-refractivity contribution < 1.29 is 9.90 Å². The highest BCUT2D eigenvalue weighted by atomic mass is 16.3. The van der Waals surface area contributed by atoms with Crippen molar-refractivity contribution in [1.29, 1.82) is 0 Å². The maximum absolute atomic E-state index is 12.7. The zero-order valence-electron chi connectivity index (χ0n) is 12.2. The molecule has 2 aliphatic rings. The van der Waals surface area contributed by atoms with Crippen LogP contribution in [0.25, 0.3) is 0 Å². The van der Waals surface area contributed by atoms with Gasteiger partial charge >= 0.3 is 0 Å². The molecular weight excluding hydrogens is 252 g/mol. The molecule has 2 unspecified atom stereocenters. The number of carbonyl (C=O) groups excluding carboxylic acids is 1. The van der Waals surface area contributed by atoms with Crippen LogP contribution in [0, 0.1) is 5.92 Å². The quantitative estimate of drug-likeness (QED) is 0.902. The summed E-state index contributed by atoms with van der Waals surface area (Å²) < 4.78 is 2.15. The van der Waals surface area contributed by atoms with Crippen molar-refractivity contribution in [2.24, 2.45) is 5.92 Å². The molecule has 0 spiro atoms. The molecule has 1 aromatic heterocycles. The number of hydrogen-bond acceptors (Lipinski definition) is 2. The first-order valence-corrected chi connectivity index (χ1v) is 7.81. The van der Waals surface area contributed by atoms with Gasteiger partial charge in [-0.15, -0.1) is 0 Å². The van der Waals surface area contributed by atoms with Crippen LogP contribution in [0.1, 0.15) is 55.6 Å². The van der Waals surface area contributed by atoms with Crippen molar-refractivity contribution in [3.05, 3.63) is 24.0 Å². The third kappa shape index (κ3) is 2.49. The molecule has 0 radical (unpaired) electrons. The molecule has 2 fully saturated rings. The van der Waals surface area contributed by atoms with Gasteiger partial charge in [0, 0.05) is 25.3 Å². The van der Waals surface area contributed by atoms with Crippen LogP contribution >= 0.6 is 0 Å². The molecule has 1 aromatic rings. The summed E-state index contributed by atoms with van der Waals surface area (Å²) in [6.45, 7) is 3.27. The van der Waals surface area contributed by atoms with Crippen LogP contribution < -0.4 is 0 Å². The summed E-state index contributed by atoms with van der Waals surface area (Å²) in [5.74, 6) is 0.369. The number of amides is 1. The van der Waals surface area contributed by atoms with Crippen molar-refractivity contribution in [1.82, 2.24) is 9.47 Å². The smallest absolute Gasteiger partial charge is 0.270 e. The Bertz CT molecular complexity index is 477. The van der Waals surface area contributed by atoms with Gasteiger partial charge in [-0.2, -0.15) is 0 Å². The van der Waals surface area contributed by atoms with E-state index in [1.807, 2.05) is 30.2 Å². The molecular formula is C16H24N2O2. The van der Waals surface area contributed by atoms with E-state index >= 15 is 0 Å². The number of aliphatic hydroxyl groups excluding tert-OH is 1. The lowest BCUT2D eigenvalue weighted by atomic mass is 9.96. The normalized spacial score (nSPS) is 28.0. The van der Waals surface area contributed by atoms with Crippen LogP contribution in [0.15, 0.2) is 18.3 Å². The molecule has 4 nitrogen and oxygen atoms in total. The molecule has 4 heteroatoms. The lowest BCUT2D eigenvalue weighted by Crippen LogP contribution is -2.46. The topological polar surface area (TPSA) is 45.5 Å². The summed E-state index contributed by atoms with van der Waals surface area (Å²) in [6, 6.07) is 4.37. The second-order valence-corrected chi connectivity index (χ2v) is 6.32. The lowest BCUT2D eigenvalue weighted by molar-refractivity contribution is 0.0241. The van der Waals surface area contributed by atoms with E-state index in [4.69, 9.17) is 0 Å². The Morgan fingerprint density at radius 1 is 1.30 bits per heavy atom. The average Bonchev–Trinajstić information content (AvgIpc) is 3.10. The summed E-state index contributed by atoms with van der Waals surface area (Å²) in [7, 11) is 0. The Hall–Kier alpha value is -1.29. The highest BCUT2D eigenvalue weighted by Gasteiger charge is 2.30. The summed E-state index contributed by atoms with van der Waals surface area (Å²) in [5, 5.41) is 9.97. The summed E-state index contributed by atoms with van der Waals surface area (Å²) in [6.07, 6.45) is 7.40. The number of likely N-dealkylation sites (tertiary alicyclic amines) is 1. The van der Waals surface area contributed by atoms with Gasteiger partial charge in [-0.25, -0.2) is 0 Å². The van der Waals surface area contributed by atoms with Gasteiger partial charge < -0.3 is 14.6 Å². The molecule has 3 rings (SSSR count). The molecule has 110 valence electrons.